The zero-order valence-electron chi connectivity index (χ0n) is 20.1. The number of ketones is 1. The van der Waals surface area contributed by atoms with Crippen LogP contribution in [0.2, 0.25) is 5.04 Å². The predicted molar refractivity (Wildman–Crippen MR) is 134 cm³/mol. The van der Waals surface area contributed by atoms with Gasteiger partial charge < -0.3 is 14.3 Å². The van der Waals surface area contributed by atoms with Crippen molar-refractivity contribution >= 4 is 30.4 Å². The number of carbonyl (C=O) groups is 2. The number of esters is 1. The fourth-order valence-corrected chi connectivity index (χ4v) is 8.65. The SMILES string of the molecule is COC(=O)CC(=O)CC(O)/C=C/CCCO[Si](c1ccccc1)(c1ccccc1)C(C)(C)C. The van der Waals surface area contributed by atoms with E-state index in [1.54, 1.807) is 6.08 Å². The van der Waals surface area contributed by atoms with Crippen LogP contribution < -0.4 is 10.4 Å². The maximum Gasteiger partial charge on any atom is 0.313 e. The minimum absolute atomic E-state index is 0.0677. The number of hydrogen-bond acceptors (Lipinski definition) is 5. The summed E-state index contributed by atoms with van der Waals surface area (Å²) < 4.78 is 11.3. The van der Waals surface area contributed by atoms with Crippen molar-refractivity contribution in [2.24, 2.45) is 0 Å². The molecule has 0 radical (unpaired) electrons. The minimum atomic E-state index is -2.53. The Morgan fingerprint density at radius 1 is 1.00 bits per heavy atom. The van der Waals surface area contributed by atoms with E-state index in [9.17, 15) is 14.7 Å². The Bertz CT molecular complexity index is 864. The lowest BCUT2D eigenvalue weighted by molar-refractivity contribution is -0.143. The molecule has 0 bridgehead atoms. The molecule has 1 atom stereocenters. The molecule has 2 rings (SSSR count). The molecule has 0 saturated heterocycles. The number of hydrogen-bond donors (Lipinski definition) is 1. The number of aliphatic hydroxyl groups excluding tert-OH is 1. The Kier molecular flexibility index (Phi) is 10.2. The number of unbranched alkanes of at least 4 members (excludes halogenated alkanes) is 1. The van der Waals surface area contributed by atoms with E-state index in [2.05, 4.69) is 74.0 Å². The molecular formula is C27H36O5Si. The second-order valence-corrected chi connectivity index (χ2v) is 13.5. The second-order valence-electron chi connectivity index (χ2n) is 9.15. The van der Waals surface area contributed by atoms with Crippen molar-refractivity contribution in [1.29, 1.82) is 0 Å². The molecule has 0 aromatic heterocycles. The van der Waals surface area contributed by atoms with E-state index in [0.717, 1.165) is 12.8 Å². The quantitative estimate of drug-likeness (QED) is 0.169. The van der Waals surface area contributed by atoms with E-state index in [1.807, 2.05) is 18.2 Å². The summed E-state index contributed by atoms with van der Waals surface area (Å²) >= 11 is 0. The molecular weight excluding hydrogens is 432 g/mol. The van der Waals surface area contributed by atoms with Gasteiger partial charge in [0.1, 0.15) is 12.2 Å². The van der Waals surface area contributed by atoms with Gasteiger partial charge in [-0.05, 0) is 28.3 Å². The van der Waals surface area contributed by atoms with Crippen molar-refractivity contribution in [2.45, 2.75) is 57.6 Å². The van der Waals surface area contributed by atoms with Crippen LogP contribution >= 0.6 is 0 Å². The van der Waals surface area contributed by atoms with Crippen molar-refractivity contribution in [2.75, 3.05) is 13.7 Å². The molecule has 0 amide bonds. The van der Waals surface area contributed by atoms with E-state index in [-0.39, 0.29) is 23.7 Å². The van der Waals surface area contributed by atoms with Crippen LogP contribution in [-0.4, -0.2) is 45.0 Å². The third-order valence-electron chi connectivity index (χ3n) is 5.61. The predicted octanol–water partition coefficient (Wildman–Crippen LogP) is 3.78. The number of Topliss-reactive ketones (excluding diaryl/α,β-unsaturated/α-hetero) is 1. The molecule has 2 aromatic rings. The first-order chi connectivity index (χ1) is 15.7. The average Bonchev–Trinajstić information content (AvgIpc) is 2.78. The molecule has 0 heterocycles. The van der Waals surface area contributed by atoms with Gasteiger partial charge in [0.2, 0.25) is 0 Å². The van der Waals surface area contributed by atoms with Gasteiger partial charge in [-0.2, -0.15) is 0 Å². The fourth-order valence-electron chi connectivity index (χ4n) is 4.05. The van der Waals surface area contributed by atoms with Gasteiger partial charge in [-0.15, -0.1) is 0 Å². The van der Waals surface area contributed by atoms with Crippen molar-refractivity contribution in [3.8, 4) is 0 Å². The Morgan fingerprint density at radius 3 is 2.03 bits per heavy atom. The average molecular weight is 469 g/mol. The molecule has 6 heteroatoms. The van der Waals surface area contributed by atoms with Gasteiger partial charge in [0.25, 0.3) is 8.32 Å². The Hall–Kier alpha value is -2.54. The van der Waals surface area contributed by atoms with E-state index < -0.39 is 20.4 Å². The van der Waals surface area contributed by atoms with E-state index >= 15 is 0 Å². The molecule has 178 valence electrons. The highest BCUT2D eigenvalue weighted by molar-refractivity contribution is 6.99. The largest absolute Gasteiger partial charge is 0.469 e. The lowest BCUT2D eigenvalue weighted by Crippen LogP contribution is -2.66. The molecule has 0 fully saturated rings. The van der Waals surface area contributed by atoms with Crippen molar-refractivity contribution in [3.05, 3.63) is 72.8 Å². The molecule has 0 aliphatic rings. The van der Waals surface area contributed by atoms with Gasteiger partial charge in [0.05, 0.1) is 13.2 Å². The molecule has 5 nitrogen and oxygen atoms in total. The number of aliphatic hydroxyl groups is 1. The Morgan fingerprint density at radius 2 is 1.55 bits per heavy atom. The zero-order chi connectivity index (χ0) is 24.3. The highest BCUT2D eigenvalue weighted by Gasteiger charge is 2.49. The lowest BCUT2D eigenvalue weighted by Gasteiger charge is -2.43. The zero-order valence-corrected chi connectivity index (χ0v) is 21.1. The number of rotatable bonds is 12. The van der Waals surface area contributed by atoms with Crippen LogP contribution in [0.5, 0.6) is 0 Å². The van der Waals surface area contributed by atoms with E-state index in [0.29, 0.717) is 6.61 Å². The number of carbonyl (C=O) groups excluding carboxylic acids is 2. The van der Waals surface area contributed by atoms with Crippen LogP contribution in [0.3, 0.4) is 0 Å². The normalized spacial score (nSPS) is 13.1. The summed E-state index contributed by atoms with van der Waals surface area (Å²) in [6.07, 6.45) is 3.69. The summed E-state index contributed by atoms with van der Waals surface area (Å²) in [4.78, 5) is 22.9. The molecule has 1 unspecified atom stereocenters. The fraction of sp³-hybridized carbons (Fsp3) is 0.407. The summed E-state index contributed by atoms with van der Waals surface area (Å²) in [5.41, 5.74) is 0. The first-order valence-electron chi connectivity index (χ1n) is 11.4. The summed E-state index contributed by atoms with van der Waals surface area (Å²) in [6.45, 7) is 7.34. The first-order valence-corrected chi connectivity index (χ1v) is 13.3. The monoisotopic (exact) mass is 468 g/mol. The molecule has 1 N–H and O–H groups in total. The highest BCUT2D eigenvalue weighted by Crippen LogP contribution is 2.36. The molecule has 0 aliphatic carbocycles. The van der Waals surface area contributed by atoms with Gasteiger partial charge in [0, 0.05) is 13.0 Å². The second kappa shape index (κ2) is 12.6. The van der Waals surface area contributed by atoms with Crippen LogP contribution in [0.4, 0.5) is 0 Å². The van der Waals surface area contributed by atoms with Crippen molar-refractivity contribution in [1.82, 2.24) is 0 Å². The Balaban J connectivity index is 2.03. The topological polar surface area (TPSA) is 72.8 Å². The van der Waals surface area contributed by atoms with Gasteiger partial charge >= 0.3 is 5.97 Å². The molecule has 0 aliphatic heterocycles. The van der Waals surface area contributed by atoms with Gasteiger partial charge in [-0.1, -0.05) is 93.6 Å². The minimum Gasteiger partial charge on any atom is -0.469 e. The van der Waals surface area contributed by atoms with Gasteiger partial charge in [-0.25, -0.2) is 0 Å². The van der Waals surface area contributed by atoms with Crippen LogP contribution in [0, 0.1) is 0 Å². The summed E-state index contributed by atoms with van der Waals surface area (Å²) in [7, 11) is -1.30. The molecule has 33 heavy (non-hydrogen) atoms. The van der Waals surface area contributed by atoms with Gasteiger partial charge in [-0.3, -0.25) is 9.59 Å². The van der Waals surface area contributed by atoms with Crippen molar-refractivity contribution in [3.63, 3.8) is 0 Å². The smallest absolute Gasteiger partial charge is 0.313 e. The maximum atomic E-state index is 11.7. The summed E-state index contributed by atoms with van der Waals surface area (Å²) in [5, 5.41) is 12.4. The Labute approximate surface area is 198 Å². The molecule has 2 aromatic carbocycles. The van der Waals surface area contributed by atoms with Crippen molar-refractivity contribution < 1.29 is 23.9 Å². The number of ether oxygens (including phenoxy) is 1. The highest BCUT2D eigenvalue weighted by atomic mass is 28.4. The first kappa shape index (κ1) is 26.7. The van der Waals surface area contributed by atoms with Crippen LogP contribution in [0.25, 0.3) is 0 Å². The third-order valence-corrected chi connectivity index (χ3v) is 10.7. The van der Waals surface area contributed by atoms with E-state index in [4.69, 9.17) is 4.43 Å². The lowest BCUT2D eigenvalue weighted by atomic mass is 10.1. The number of methoxy groups -OCH3 is 1. The van der Waals surface area contributed by atoms with Gasteiger partial charge in [0.15, 0.2) is 0 Å². The van der Waals surface area contributed by atoms with Crippen LogP contribution in [-0.2, 0) is 18.8 Å². The third kappa shape index (κ3) is 7.49. The summed E-state index contributed by atoms with van der Waals surface area (Å²) in [5.74, 6) is -0.925. The number of benzene rings is 2. The van der Waals surface area contributed by atoms with E-state index in [1.165, 1.54) is 17.5 Å². The van der Waals surface area contributed by atoms with Crippen LogP contribution in [0.1, 0.15) is 46.5 Å². The molecule has 0 spiro atoms. The van der Waals surface area contributed by atoms with Crippen LogP contribution in [0.15, 0.2) is 72.8 Å². The summed E-state index contributed by atoms with van der Waals surface area (Å²) in [6, 6.07) is 21.0. The number of allylic oxidation sites excluding steroid dienone is 1. The maximum absolute atomic E-state index is 11.7. The standard InChI is InChI=1S/C27H36O5Si/c1-27(2,3)33(24-15-9-5-10-16-24,25-17-11-6-12-18-25)32-19-13-7-8-14-22(28)20-23(29)21-26(30)31-4/h5-6,8-12,14-18,22,28H,7,13,19-21H2,1-4H3/b14-8+. The molecule has 0 saturated carbocycles.